The first-order valence-electron chi connectivity index (χ1n) is 35.4. The van der Waals surface area contributed by atoms with Gasteiger partial charge in [-0.15, -0.1) is 22.7 Å². The number of thiazole rings is 1. The van der Waals surface area contributed by atoms with Crippen molar-refractivity contribution in [1.29, 1.82) is 0 Å². The zero-order chi connectivity index (χ0) is 80.2. The molecule has 0 saturated heterocycles. The summed E-state index contributed by atoms with van der Waals surface area (Å²) < 4.78 is 98.3. The highest BCUT2D eigenvalue weighted by molar-refractivity contribution is 7.84. The SMILES string of the molecule is Cc1sc(C(=O)c2cncnc2N[C@@H]2C[C@H](COS(N)(=O)=O)[C@@H](O)C2)nc1C1OCCc2ccc(Cl)cc21.NS(=O)(=O)OC[C@H]1C[C@@H](Nc2ncncc2C(=O)c2cc(C3NCCc4ccc(Cl)cc43)c(Cl)o2)C[C@@H]1O.NS(=O)(=O)OC[C@H]1C[C@@H](Nc2ncncc2C(=O)c2cc(C3OCCc4c(Cl)cccc43)cs2)C[C@@H]1O. The van der Waals surface area contributed by atoms with E-state index in [1.54, 1.807) is 6.07 Å². The molecule has 0 bridgehead atoms. The van der Waals surface area contributed by atoms with Crippen molar-refractivity contribution in [2.24, 2.45) is 33.2 Å². The van der Waals surface area contributed by atoms with Crippen LogP contribution in [-0.2, 0) is 72.2 Å². The molecule has 113 heavy (non-hydrogen) atoms. The third kappa shape index (κ3) is 20.6. The fourth-order valence-electron chi connectivity index (χ4n) is 14.8. The van der Waals surface area contributed by atoms with Crippen molar-refractivity contribution in [3.8, 4) is 0 Å². The van der Waals surface area contributed by atoms with Crippen LogP contribution in [0.25, 0.3) is 0 Å². The van der Waals surface area contributed by atoms with Crippen LogP contribution >= 0.6 is 69.1 Å². The van der Waals surface area contributed by atoms with Gasteiger partial charge in [-0.3, -0.25) is 26.9 Å². The number of nitrogens with zero attached hydrogens (tertiary/aromatic N) is 7. The van der Waals surface area contributed by atoms with Gasteiger partial charge in [-0.05, 0) is 163 Å². The summed E-state index contributed by atoms with van der Waals surface area (Å²) in [4.78, 5) is 71.3. The minimum Gasteiger partial charge on any atom is -0.441 e. The van der Waals surface area contributed by atoms with E-state index >= 15 is 0 Å². The van der Waals surface area contributed by atoms with Crippen molar-refractivity contribution < 1.29 is 81.4 Å². The van der Waals surface area contributed by atoms with Crippen molar-refractivity contribution in [2.75, 3.05) is 55.5 Å². The van der Waals surface area contributed by atoms with E-state index in [2.05, 4.69) is 68.7 Å². The molecule has 32 nitrogen and oxygen atoms in total. The maximum Gasteiger partial charge on any atom is 0.333 e. The van der Waals surface area contributed by atoms with Crippen LogP contribution in [0.2, 0.25) is 20.3 Å². The fraction of sp³-hybridized carbons (Fsp3) is 0.389. The Hall–Kier alpha value is -7.55. The number of nitrogens with one attached hydrogen (secondary N) is 4. The molecule has 6 aliphatic rings. The average molecular weight is 1730 g/mol. The number of thiophene rings is 1. The highest BCUT2D eigenvalue weighted by Gasteiger charge is 2.40. The number of carbonyl (C=O) groups is 3. The molecule has 0 spiro atoms. The second-order valence-corrected chi connectivity index (χ2v) is 35.2. The van der Waals surface area contributed by atoms with Gasteiger partial charge >= 0.3 is 30.9 Å². The first kappa shape index (κ1) is 83.4. The van der Waals surface area contributed by atoms with Gasteiger partial charge in [0.2, 0.25) is 17.3 Å². The van der Waals surface area contributed by atoms with Crippen LogP contribution in [0, 0.1) is 24.7 Å². The van der Waals surface area contributed by atoms with Crippen molar-refractivity contribution in [3.05, 3.63) is 217 Å². The summed E-state index contributed by atoms with van der Waals surface area (Å²) in [5.74, 6) is -1.49. The number of ether oxygens (including phenoxy) is 2. The van der Waals surface area contributed by atoms with Gasteiger partial charge in [-0.1, -0.05) is 59.1 Å². The Kier molecular flexibility index (Phi) is 26.5. The van der Waals surface area contributed by atoms with E-state index in [1.807, 2.05) is 73.0 Å². The Morgan fingerprint density at radius 2 is 1.08 bits per heavy atom. The number of anilines is 3. The van der Waals surface area contributed by atoms with E-state index in [0.717, 1.165) is 69.6 Å². The maximum atomic E-state index is 13.5. The summed E-state index contributed by atoms with van der Waals surface area (Å²) in [7, 11) is -12.3. The standard InChI is InChI=1S/C24H25Cl2N5O6S.C24H26ClN5O6S2.C24H25ClN4O6S2/c25-14-2-1-12-3-4-29-21(16(12)6-14)17-8-20(37-23(17)26)22(33)18-9-28-11-30-24(18)31-15-5-13(19(32)7-15)10-36-38(27,34)35;1-12-20(22-17-7-15(25)3-2-13(17)4-5-35-22)30-24(37-12)21(32)18-9-27-11-28-23(18)29-16-6-14(19(31)8-16)10-36-38(26,33)34;25-19-3-1-2-17-16(19)4-5-34-23(17)14-7-21(36-11-14)22(31)18-9-27-12-28-24(18)29-15-6-13(20(30)8-15)10-35-37(26,32)33/h1-2,6,8-9,11,13,15,19,21,29,32H,3-5,7,10H2,(H2,27,34,35)(H,28,30,31);2-3,7,9,11,14,16,19,22,31H,4-6,8,10H2,1H3,(H2,26,33,34)(H,27,28,29);1-3,7,9,11-13,15,20,23,30H,4-6,8,10H2,(H2,26,32,33)(H,27,28,29)/t13-,15-,19+,21?;14-,16-,19+,22?;13-,15-,20+,23?/m111/s1. The molecule has 0 amide bonds. The number of fused-ring (bicyclic) bond motifs is 3. The quantitative estimate of drug-likeness (QED) is 0.0256. The first-order valence-corrected chi connectivity index (χ1v) is 43.0. The lowest BCUT2D eigenvalue weighted by atomic mass is 9.91. The molecule has 6 aromatic heterocycles. The van der Waals surface area contributed by atoms with Gasteiger partial charge in [-0.25, -0.2) is 50.3 Å². The summed E-state index contributed by atoms with van der Waals surface area (Å²) >= 11 is 27.9. The van der Waals surface area contributed by atoms with Gasteiger partial charge in [0.05, 0.1) is 84.6 Å². The van der Waals surface area contributed by atoms with E-state index < -0.39 is 78.9 Å². The van der Waals surface area contributed by atoms with Crippen LogP contribution in [0.15, 0.2) is 114 Å². The molecule has 0 radical (unpaired) electrons. The zero-order valence-electron chi connectivity index (χ0n) is 59.8. The van der Waals surface area contributed by atoms with Gasteiger partial charge in [0.25, 0.3) is 0 Å². The van der Waals surface area contributed by atoms with Gasteiger partial charge < -0.3 is 50.5 Å². The Morgan fingerprint density at radius 3 is 1.62 bits per heavy atom. The number of nitrogens with two attached hydrogens (primary N) is 3. The second kappa shape index (κ2) is 35.9. The molecule has 3 aromatic carbocycles. The van der Waals surface area contributed by atoms with Crippen LogP contribution in [0.5, 0.6) is 0 Å². The molecule has 13 N–H and O–H groups in total. The number of hydrogen-bond acceptors (Lipinski definition) is 31. The number of aryl methyl sites for hydroxylation is 1. The third-order valence-electron chi connectivity index (χ3n) is 20.2. The smallest absolute Gasteiger partial charge is 0.333 e. The number of aromatic nitrogens is 7. The first-order chi connectivity index (χ1) is 53.9. The monoisotopic (exact) mass is 1720 g/mol. The number of halogens is 4. The van der Waals surface area contributed by atoms with Crippen LogP contribution in [0.4, 0.5) is 17.5 Å². The minimum absolute atomic E-state index is 0.0182. The van der Waals surface area contributed by atoms with Crippen LogP contribution in [0.3, 0.4) is 0 Å². The normalized spacial score (nSPS) is 23.4. The Morgan fingerprint density at radius 1 is 0.584 bits per heavy atom. The largest absolute Gasteiger partial charge is 0.441 e. The second-order valence-electron chi connectivity index (χ2n) is 27.8. The third-order valence-corrected chi connectivity index (χ3v) is 24.6. The molecule has 12 atom stereocenters. The van der Waals surface area contributed by atoms with Crippen LogP contribution in [-0.4, -0.2) is 169 Å². The predicted molar refractivity (Wildman–Crippen MR) is 418 cm³/mol. The number of hydrogen-bond donors (Lipinski definition) is 10. The molecular weight excluding hydrogens is 1650 g/mol. The number of rotatable bonds is 24. The van der Waals surface area contributed by atoms with Crippen molar-refractivity contribution in [2.45, 2.75) is 119 Å². The number of furan rings is 1. The fourth-order valence-corrected chi connectivity index (χ4v) is 18.5. The van der Waals surface area contributed by atoms with E-state index in [9.17, 15) is 55.0 Å². The van der Waals surface area contributed by atoms with Crippen molar-refractivity contribution >= 4 is 135 Å². The predicted octanol–water partition coefficient (Wildman–Crippen LogP) is 8.03. The molecule has 600 valence electrons. The van der Waals surface area contributed by atoms with Crippen molar-refractivity contribution in [1.82, 2.24) is 40.2 Å². The number of ketones is 3. The summed E-state index contributed by atoms with van der Waals surface area (Å²) in [5.41, 5.74) is 9.10. The zero-order valence-corrected chi connectivity index (χ0v) is 66.9. The molecule has 9 heterocycles. The lowest BCUT2D eigenvalue weighted by molar-refractivity contribution is 0.0669. The number of aliphatic hydroxyl groups is 3. The number of carbonyl (C=O) groups excluding carboxylic acids is 3. The van der Waals surface area contributed by atoms with Crippen LogP contribution in [0.1, 0.15) is 159 Å². The van der Waals surface area contributed by atoms with Gasteiger partial charge in [0, 0.05) is 86.5 Å². The van der Waals surface area contributed by atoms with Crippen molar-refractivity contribution in [3.63, 3.8) is 0 Å². The van der Waals surface area contributed by atoms with E-state index in [4.69, 9.17) is 75.7 Å². The molecule has 15 rings (SSSR count). The average Bonchev–Trinajstić information content (AvgIpc) is 1.69. The van der Waals surface area contributed by atoms with E-state index in [0.29, 0.717) is 100 Å². The number of aliphatic hydroxyl groups excluding tert-OH is 3. The lowest BCUT2D eigenvalue weighted by Crippen LogP contribution is -2.30. The topological polar surface area (TPSA) is 490 Å². The van der Waals surface area contributed by atoms with E-state index in [1.165, 1.54) is 60.2 Å². The summed E-state index contributed by atoms with van der Waals surface area (Å²) in [6.45, 7) is 3.01. The summed E-state index contributed by atoms with van der Waals surface area (Å²) in [6, 6.07) is 19.5. The summed E-state index contributed by atoms with van der Waals surface area (Å²) in [6.07, 6.45) is 9.56. The number of benzene rings is 3. The molecule has 3 saturated carbocycles. The minimum atomic E-state index is -4.12. The van der Waals surface area contributed by atoms with Gasteiger partial charge in [0.15, 0.2) is 16.0 Å². The van der Waals surface area contributed by atoms with Gasteiger partial charge in [-0.2, -0.15) is 25.3 Å². The lowest BCUT2D eigenvalue weighted by Gasteiger charge is -2.26. The Labute approximate surface area is 677 Å². The van der Waals surface area contributed by atoms with E-state index in [-0.39, 0.29) is 94.6 Å². The molecule has 3 aliphatic heterocycles. The maximum absolute atomic E-state index is 13.5. The molecule has 3 aliphatic carbocycles. The highest BCUT2D eigenvalue weighted by Crippen LogP contribution is 2.43. The Bertz CT molecular complexity index is 5160. The Balaban J connectivity index is 0.000000148. The molecule has 3 fully saturated rings. The van der Waals surface area contributed by atoms with Gasteiger partial charge in [0.1, 0.15) is 48.6 Å². The molecular formula is C72H76Cl4N14O18S5. The van der Waals surface area contributed by atoms with Crippen LogP contribution < -0.4 is 36.7 Å². The highest BCUT2D eigenvalue weighted by atomic mass is 35.5. The summed E-state index contributed by atoms with van der Waals surface area (Å²) in [5, 5.41) is 62.8. The molecule has 3 unspecified atom stereocenters. The molecule has 9 aromatic rings. The molecule has 41 heteroatoms.